The molecule has 8 aromatic rings. The smallest absolute Gasteiger partial charge is 0.245 e. The van der Waals surface area contributed by atoms with Gasteiger partial charge in [0.05, 0.1) is 0 Å². The topological polar surface area (TPSA) is 57.4 Å². The van der Waals surface area contributed by atoms with Crippen molar-refractivity contribution in [2.45, 2.75) is 19.6 Å². The summed E-state index contributed by atoms with van der Waals surface area (Å²) in [7, 11) is 0. The molecule has 0 unspecified atom stereocenters. The summed E-state index contributed by atoms with van der Waals surface area (Å²) >= 11 is 0. The number of benzene rings is 5. The summed E-state index contributed by atoms with van der Waals surface area (Å²) in [5.41, 5.74) is 12.3. The molecule has 5 nitrogen and oxygen atoms in total. The monoisotopic (exact) mass is 622 g/mol. The molecule has 5 heteroatoms. The average Bonchev–Trinajstić information content (AvgIpc) is 3.45. The van der Waals surface area contributed by atoms with E-state index in [4.69, 9.17) is 13.9 Å². The van der Waals surface area contributed by atoms with Crippen LogP contribution in [0.4, 0.5) is 0 Å². The second kappa shape index (κ2) is 11.0. The summed E-state index contributed by atoms with van der Waals surface area (Å²) in [5, 5.41) is 2.20. The Morgan fingerprint density at radius 3 is 1.77 bits per heavy atom. The van der Waals surface area contributed by atoms with Crippen molar-refractivity contribution in [2.75, 3.05) is 0 Å². The van der Waals surface area contributed by atoms with E-state index < -0.39 is 5.79 Å². The van der Waals surface area contributed by atoms with Crippen LogP contribution < -0.4 is 9.47 Å². The number of furan rings is 1. The van der Waals surface area contributed by atoms with Crippen molar-refractivity contribution in [3.8, 4) is 67.1 Å². The fraction of sp³-hybridized carbons (Fsp3) is 0.0698. The number of aromatic nitrogens is 2. The molecule has 5 aromatic carbocycles. The minimum atomic E-state index is -0.876. The first-order valence-corrected chi connectivity index (χ1v) is 16.0. The fourth-order valence-electron chi connectivity index (χ4n) is 6.67. The molecule has 0 saturated carbocycles. The van der Waals surface area contributed by atoms with Crippen LogP contribution in [0.15, 0.2) is 151 Å². The summed E-state index contributed by atoms with van der Waals surface area (Å²) in [6.07, 6.45) is 7.39. The van der Waals surface area contributed by atoms with E-state index >= 15 is 0 Å². The first kappa shape index (κ1) is 28.1. The zero-order valence-electron chi connectivity index (χ0n) is 26.5. The second-order valence-electron chi connectivity index (χ2n) is 12.6. The quantitative estimate of drug-likeness (QED) is 0.195. The summed E-state index contributed by atoms with van der Waals surface area (Å²) in [6, 6.07) is 42.0. The van der Waals surface area contributed by atoms with Gasteiger partial charge in [-0.15, -0.1) is 0 Å². The Labute approximate surface area is 278 Å². The van der Waals surface area contributed by atoms with Crippen molar-refractivity contribution in [1.82, 2.24) is 9.97 Å². The Balaban J connectivity index is 1.17. The Morgan fingerprint density at radius 1 is 0.438 bits per heavy atom. The first-order chi connectivity index (χ1) is 23.5. The van der Waals surface area contributed by atoms with Gasteiger partial charge in [0.2, 0.25) is 5.79 Å². The number of fused-ring (bicyclic) bond motifs is 6. The summed E-state index contributed by atoms with van der Waals surface area (Å²) in [5.74, 6) is 0.668. The maximum Gasteiger partial charge on any atom is 0.245 e. The van der Waals surface area contributed by atoms with Crippen molar-refractivity contribution in [3.05, 3.63) is 146 Å². The summed E-state index contributed by atoms with van der Waals surface area (Å²) in [6.45, 7) is 3.90. The highest BCUT2D eigenvalue weighted by Gasteiger charge is 2.30. The SMILES string of the molecule is CC1(C)Oc2cc(-c3ccc4oc5ccccc5c4c3)ccc2-c2cc(-c3cc(-c4cccnc4)cc(-c4cccnc4)c3)ccc2O1. The molecule has 0 N–H and O–H groups in total. The number of pyridine rings is 2. The minimum absolute atomic E-state index is 0.769. The highest BCUT2D eigenvalue weighted by molar-refractivity contribution is 6.06. The molecule has 0 aliphatic carbocycles. The lowest BCUT2D eigenvalue weighted by Crippen LogP contribution is -2.34. The third-order valence-corrected chi connectivity index (χ3v) is 8.93. The van der Waals surface area contributed by atoms with Crippen molar-refractivity contribution >= 4 is 21.9 Å². The number of hydrogen-bond donors (Lipinski definition) is 0. The standard InChI is InChI=1S/C43H30N2O3/c1-43(2)47-41-16-13-28(32-19-33(30-7-5-17-44-25-30)21-34(20-32)31-8-6-18-45-26-31)23-38(41)36-14-11-29(24-42(36)48-43)27-12-15-40-37(22-27)35-9-3-4-10-39(35)46-40/h3-26H,1-2H3. The lowest BCUT2D eigenvalue weighted by molar-refractivity contribution is -0.0778. The maximum atomic E-state index is 6.58. The van der Waals surface area contributed by atoms with Gasteiger partial charge < -0.3 is 13.9 Å². The minimum Gasteiger partial charge on any atom is -0.456 e. The summed E-state index contributed by atoms with van der Waals surface area (Å²) < 4.78 is 19.2. The van der Waals surface area contributed by atoms with E-state index in [-0.39, 0.29) is 0 Å². The molecule has 3 aromatic heterocycles. The van der Waals surface area contributed by atoms with Crippen molar-refractivity contribution in [1.29, 1.82) is 0 Å². The molecule has 9 rings (SSSR count). The maximum absolute atomic E-state index is 6.58. The molecule has 4 heterocycles. The number of rotatable bonds is 4. The largest absolute Gasteiger partial charge is 0.456 e. The first-order valence-electron chi connectivity index (χ1n) is 16.0. The van der Waals surface area contributed by atoms with E-state index in [0.717, 1.165) is 89.1 Å². The van der Waals surface area contributed by atoms with E-state index in [1.165, 1.54) is 0 Å². The second-order valence-corrected chi connectivity index (χ2v) is 12.6. The van der Waals surface area contributed by atoms with Gasteiger partial charge in [-0.2, -0.15) is 0 Å². The molecule has 0 fully saturated rings. The van der Waals surface area contributed by atoms with Gasteiger partial charge in [-0.25, -0.2) is 0 Å². The van der Waals surface area contributed by atoms with Crippen LogP contribution in [-0.4, -0.2) is 15.8 Å². The molecule has 0 saturated heterocycles. The van der Waals surface area contributed by atoms with Crippen molar-refractivity contribution < 1.29 is 13.9 Å². The number of nitrogens with zero attached hydrogens (tertiary/aromatic N) is 2. The van der Waals surface area contributed by atoms with Gasteiger partial charge in [0, 0.05) is 71.7 Å². The molecule has 0 spiro atoms. The van der Waals surface area contributed by atoms with E-state index in [1.807, 2.05) is 62.6 Å². The van der Waals surface area contributed by atoms with Crippen LogP contribution >= 0.6 is 0 Å². The molecule has 0 radical (unpaired) electrons. The molecular weight excluding hydrogens is 592 g/mol. The van der Waals surface area contributed by atoms with Gasteiger partial charge in [0.15, 0.2) is 0 Å². The van der Waals surface area contributed by atoms with Crippen LogP contribution in [0.5, 0.6) is 11.5 Å². The molecule has 230 valence electrons. The Hall–Kier alpha value is -6.20. The van der Waals surface area contributed by atoms with E-state index in [1.54, 1.807) is 12.4 Å². The van der Waals surface area contributed by atoms with Gasteiger partial charge >= 0.3 is 0 Å². The van der Waals surface area contributed by atoms with Gasteiger partial charge in [0.1, 0.15) is 22.7 Å². The van der Waals surface area contributed by atoms with Crippen LogP contribution in [0.2, 0.25) is 0 Å². The average molecular weight is 623 g/mol. The van der Waals surface area contributed by atoms with Crippen LogP contribution in [0.1, 0.15) is 13.8 Å². The molecule has 48 heavy (non-hydrogen) atoms. The Morgan fingerprint density at radius 2 is 1.04 bits per heavy atom. The number of para-hydroxylation sites is 1. The lowest BCUT2D eigenvalue weighted by atomic mass is 9.92. The zero-order valence-corrected chi connectivity index (χ0v) is 26.5. The molecule has 0 bridgehead atoms. The van der Waals surface area contributed by atoms with Crippen LogP contribution in [0.25, 0.3) is 77.6 Å². The fourth-order valence-corrected chi connectivity index (χ4v) is 6.67. The van der Waals surface area contributed by atoms with Gasteiger partial charge in [-0.3, -0.25) is 9.97 Å². The molecule has 0 atom stereocenters. The Bertz CT molecular complexity index is 2430. The normalized spacial score (nSPS) is 13.3. The van der Waals surface area contributed by atoms with Crippen molar-refractivity contribution in [3.63, 3.8) is 0 Å². The molecule has 0 amide bonds. The van der Waals surface area contributed by atoms with Crippen molar-refractivity contribution in [2.24, 2.45) is 0 Å². The van der Waals surface area contributed by atoms with E-state index in [9.17, 15) is 0 Å². The predicted octanol–water partition coefficient (Wildman–Crippen LogP) is 11.2. The van der Waals surface area contributed by atoms with E-state index in [2.05, 4.69) is 94.9 Å². The highest BCUT2D eigenvalue weighted by Crippen LogP contribution is 2.46. The van der Waals surface area contributed by atoms with Crippen LogP contribution in [-0.2, 0) is 0 Å². The Kier molecular flexibility index (Phi) is 6.40. The number of hydrogen-bond acceptors (Lipinski definition) is 5. The summed E-state index contributed by atoms with van der Waals surface area (Å²) in [4.78, 5) is 8.76. The molecule has 1 aliphatic rings. The number of ether oxygens (including phenoxy) is 2. The van der Waals surface area contributed by atoms with Gasteiger partial charge in [-0.05, 0) is 106 Å². The van der Waals surface area contributed by atoms with E-state index in [0.29, 0.717) is 0 Å². The molecule has 1 aliphatic heterocycles. The molecular formula is C43H30N2O3. The van der Waals surface area contributed by atoms with Crippen LogP contribution in [0.3, 0.4) is 0 Å². The zero-order chi connectivity index (χ0) is 32.2. The van der Waals surface area contributed by atoms with Gasteiger partial charge in [-0.1, -0.05) is 48.5 Å². The van der Waals surface area contributed by atoms with Gasteiger partial charge in [0.25, 0.3) is 0 Å². The predicted molar refractivity (Wildman–Crippen MR) is 192 cm³/mol. The lowest BCUT2D eigenvalue weighted by Gasteiger charge is -2.25. The third-order valence-electron chi connectivity index (χ3n) is 8.93. The van der Waals surface area contributed by atoms with Crippen LogP contribution in [0, 0.1) is 0 Å². The highest BCUT2D eigenvalue weighted by atomic mass is 16.7. The third kappa shape index (κ3) is 4.97.